The Morgan fingerprint density at radius 3 is 2.92 bits per heavy atom. The number of morpholine rings is 1. The Balaban J connectivity index is 1.51. The lowest BCUT2D eigenvalue weighted by atomic mass is 10.1. The fourth-order valence-electron chi connectivity index (χ4n) is 3.34. The van der Waals surface area contributed by atoms with Crippen LogP contribution < -0.4 is 9.47 Å². The van der Waals surface area contributed by atoms with Crippen molar-refractivity contribution in [3.63, 3.8) is 0 Å². The lowest BCUT2D eigenvalue weighted by Crippen LogP contribution is -2.45. The summed E-state index contributed by atoms with van der Waals surface area (Å²) in [6.45, 7) is 5.33. The number of thioether (sulfide) groups is 1. The predicted octanol–water partition coefficient (Wildman–Crippen LogP) is 1.71. The second kappa shape index (κ2) is 7.21. The number of benzene rings is 1. The van der Waals surface area contributed by atoms with Crippen molar-refractivity contribution in [2.45, 2.75) is 11.8 Å². The molecule has 0 radical (unpaired) electrons. The van der Waals surface area contributed by atoms with Crippen molar-refractivity contribution in [1.29, 1.82) is 0 Å². The zero-order chi connectivity index (χ0) is 16.4. The molecule has 1 aromatic carbocycles. The highest BCUT2D eigenvalue weighted by molar-refractivity contribution is 7.99. The molecule has 0 aromatic heterocycles. The molecule has 3 aliphatic rings. The molecule has 3 aliphatic heterocycles. The number of fused-ring (bicyclic) bond motifs is 1. The highest BCUT2D eigenvalue weighted by Gasteiger charge is 2.34. The Kier molecular flexibility index (Phi) is 4.82. The monoisotopic (exact) mass is 350 g/mol. The van der Waals surface area contributed by atoms with Crippen LogP contribution in [0.15, 0.2) is 18.2 Å². The Morgan fingerprint density at radius 2 is 2.04 bits per heavy atom. The van der Waals surface area contributed by atoms with Crippen molar-refractivity contribution in [2.75, 3.05) is 51.9 Å². The molecule has 2 saturated heterocycles. The van der Waals surface area contributed by atoms with E-state index >= 15 is 0 Å². The molecular formula is C17H22N2O4S. The second-order valence-electron chi connectivity index (χ2n) is 6.10. The summed E-state index contributed by atoms with van der Waals surface area (Å²) in [5, 5.41) is 0.00365. The summed E-state index contributed by atoms with van der Waals surface area (Å²) >= 11 is 1.81. The maximum absolute atomic E-state index is 12.5. The molecule has 1 amide bonds. The average molecular weight is 350 g/mol. The number of amides is 1. The van der Waals surface area contributed by atoms with E-state index in [9.17, 15) is 4.79 Å². The first-order valence-corrected chi connectivity index (χ1v) is 9.47. The number of ether oxygens (including phenoxy) is 3. The quantitative estimate of drug-likeness (QED) is 0.824. The number of hydrogen-bond donors (Lipinski definition) is 0. The van der Waals surface area contributed by atoms with E-state index in [0.717, 1.165) is 62.2 Å². The third-order valence-electron chi connectivity index (χ3n) is 4.65. The number of carbonyl (C=O) groups is 1. The van der Waals surface area contributed by atoms with Crippen molar-refractivity contribution in [3.8, 4) is 11.5 Å². The SMILES string of the molecule is O=C1CCSC(c2cccc3c2OCO3)N1CCN1CCOCC1. The van der Waals surface area contributed by atoms with E-state index in [1.165, 1.54) is 0 Å². The van der Waals surface area contributed by atoms with Crippen molar-refractivity contribution in [3.05, 3.63) is 23.8 Å². The van der Waals surface area contributed by atoms with Gasteiger partial charge in [-0.1, -0.05) is 12.1 Å². The molecule has 6 nitrogen and oxygen atoms in total. The van der Waals surface area contributed by atoms with E-state index in [1.54, 1.807) is 0 Å². The van der Waals surface area contributed by atoms with E-state index in [0.29, 0.717) is 6.42 Å². The van der Waals surface area contributed by atoms with Gasteiger partial charge in [0.15, 0.2) is 11.5 Å². The van der Waals surface area contributed by atoms with Gasteiger partial charge in [0.1, 0.15) is 5.37 Å². The van der Waals surface area contributed by atoms with Gasteiger partial charge in [-0.25, -0.2) is 0 Å². The minimum Gasteiger partial charge on any atom is -0.454 e. The topological polar surface area (TPSA) is 51.2 Å². The third kappa shape index (κ3) is 3.20. The molecule has 0 saturated carbocycles. The van der Waals surface area contributed by atoms with Crippen LogP contribution >= 0.6 is 11.8 Å². The van der Waals surface area contributed by atoms with Crippen LogP contribution in [0.3, 0.4) is 0 Å². The lowest BCUT2D eigenvalue weighted by Gasteiger charge is -2.37. The minimum atomic E-state index is 0.00365. The fourth-order valence-corrected chi connectivity index (χ4v) is 4.63. The first-order chi connectivity index (χ1) is 11.8. The molecule has 130 valence electrons. The van der Waals surface area contributed by atoms with Crippen molar-refractivity contribution < 1.29 is 19.0 Å². The van der Waals surface area contributed by atoms with Gasteiger partial charge in [-0.2, -0.15) is 0 Å². The zero-order valence-corrected chi connectivity index (χ0v) is 14.4. The van der Waals surface area contributed by atoms with Crippen LogP contribution in [0.1, 0.15) is 17.4 Å². The first-order valence-electron chi connectivity index (χ1n) is 8.42. The van der Waals surface area contributed by atoms with Crippen LogP contribution in [-0.2, 0) is 9.53 Å². The van der Waals surface area contributed by atoms with Gasteiger partial charge in [0.2, 0.25) is 12.7 Å². The summed E-state index contributed by atoms with van der Waals surface area (Å²) in [6, 6.07) is 5.94. The van der Waals surface area contributed by atoms with E-state index in [-0.39, 0.29) is 18.1 Å². The van der Waals surface area contributed by atoms with Gasteiger partial charge in [0, 0.05) is 43.9 Å². The van der Waals surface area contributed by atoms with Crippen LogP contribution in [0, 0.1) is 0 Å². The summed E-state index contributed by atoms with van der Waals surface area (Å²) < 4.78 is 16.5. The smallest absolute Gasteiger partial charge is 0.231 e. The van der Waals surface area contributed by atoms with Crippen LogP contribution in [0.25, 0.3) is 0 Å². The highest BCUT2D eigenvalue weighted by Crippen LogP contribution is 2.46. The first kappa shape index (κ1) is 16.1. The van der Waals surface area contributed by atoms with Gasteiger partial charge in [-0.15, -0.1) is 11.8 Å². The normalized spacial score (nSPS) is 24.4. The second-order valence-corrected chi connectivity index (χ2v) is 7.28. The number of nitrogens with zero attached hydrogens (tertiary/aromatic N) is 2. The summed E-state index contributed by atoms with van der Waals surface area (Å²) in [5.41, 5.74) is 1.05. The van der Waals surface area contributed by atoms with Crippen molar-refractivity contribution in [2.24, 2.45) is 0 Å². The van der Waals surface area contributed by atoms with E-state index in [2.05, 4.69) is 4.90 Å². The van der Waals surface area contributed by atoms with Crippen LogP contribution in [0.5, 0.6) is 11.5 Å². The largest absolute Gasteiger partial charge is 0.454 e. The lowest BCUT2D eigenvalue weighted by molar-refractivity contribution is -0.132. The Labute approximate surface area is 146 Å². The number of carbonyl (C=O) groups excluding carboxylic acids is 1. The van der Waals surface area contributed by atoms with E-state index in [4.69, 9.17) is 14.2 Å². The van der Waals surface area contributed by atoms with Gasteiger partial charge in [0.05, 0.1) is 13.2 Å². The molecule has 0 spiro atoms. The molecule has 7 heteroatoms. The molecule has 1 unspecified atom stereocenters. The van der Waals surface area contributed by atoms with Crippen LogP contribution in [-0.4, -0.2) is 67.6 Å². The maximum Gasteiger partial charge on any atom is 0.231 e. The van der Waals surface area contributed by atoms with Gasteiger partial charge in [-0.3, -0.25) is 9.69 Å². The van der Waals surface area contributed by atoms with Crippen molar-refractivity contribution in [1.82, 2.24) is 9.80 Å². The van der Waals surface area contributed by atoms with Crippen LogP contribution in [0.4, 0.5) is 0 Å². The van der Waals surface area contributed by atoms with Gasteiger partial charge >= 0.3 is 0 Å². The molecule has 0 aliphatic carbocycles. The van der Waals surface area contributed by atoms with Crippen LogP contribution in [0.2, 0.25) is 0 Å². The Hall–Kier alpha value is -1.44. The average Bonchev–Trinajstić information content (AvgIpc) is 3.10. The number of para-hydroxylation sites is 1. The number of hydrogen-bond acceptors (Lipinski definition) is 6. The summed E-state index contributed by atoms with van der Waals surface area (Å²) in [4.78, 5) is 16.9. The molecule has 4 rings (SSSR count). The molecule has 24 heavy (non-hydrogen) atoms. The predicted molar refractivity (Wildman–Crippen MR) is 91.4 cm³/mol. The van der Waals surface area contributed by atoms with Crippen molar-refractivity contribution >= 4 is 17.7 Å². The zero-order valence-electron chi connectivity index (χ0n) is 13.6. The molecule has 2 fully saturated rings. The maximum atomic E-state index is 12.5. The van der Waals surface area contributed by atoms with Gasteiger partial charge in [0.25, 0.3) is 0 Å². The molecule has 3 heterocycles. The molecule has 1 atom stereocenters. The molecule has 0 N–H and O–H groups in total. The molecular weight excluding hydrogens is 328 g/mol. The van der Waals surface area contributed by atoms with E-state index in [1.807, 2.05) is 34.9 Å². The number of rotatable bonds is 4. The minimum absolute atomic E-state index is 0.00365. The molecule has 0 bridgehead atoms. The van der Waals surface area contributed by atoms with E-state index < -0.39 is 0 Å². The Bertz CT molecular complexity index is 606. The summed E-state index contributed by atoms with van der Waals surface area (Å²) in [7, 11) is 0. The van der Waals surface area contributed by atoms with Gasteiger partial charge in [-0.05, 0) is 6.07 Å². The van der Waals surface area contributed by atoms with Gasteiger partial charge < -0.3 is 19.1 Å². The highest BCUT2D eigenvalue weighted by atomic mass is 32.2. The third-order valence-corrected chi connectivity index (χ3v) is 5.91. The standard InChI is InChI=1S/C17H22N2O4S/c20-15-4-11-24-17(13-2-1-3-14-16(13)23-12-22-14)19(15)6-5-18-7-9-21-10-8-18/h1-3,17H,4-12H2. The summed E-state index contributed by atoms with van der Waals surface area (Å²) in [5.74, 6) is 2.64. The Morgan fingerprint density at radius 1 is 1.17 bits per heavy atom. The molecule has 1 aromatic rings. The fraction of sp³-hybridized carbons (Fsp3) is 0.588. The summed E-state index contributed by atoms with van der Waals surface area (Å²) in [6.07, 6.45) is 0.608.